The van der Waals surface area contributed by atoms with Crippen LogP contribution in [-0.4, -0.2) is 11.1 Å². The van der Waals surface area contributed by atoms with Gasteiger partial charge in [-0.2, -0.15) is 0 Å². The molecule has 2 aromatic carbocycles. The summed E-state index contributed by atoms with van der Waals surface area (Å²) in [4.78, 5) is 12.1. The number of carbonyl (C=O) groups is 1. The largest absolute Gasteiger partial charge is 0.356 e. The number of benzene rings is 2. The van der Waals surface area contributed by atoms with Gasteiger partial charge in [0.1, 0.15) is 5.69 Å². The highest BCUT2D eigenvalue weighted by Gasteiger charge is 2.11. The van der Waals surface area contributed by atoms with E-state index in [-0.39, 0.29) is 5.91 Å². The molecule has 3 rings (SSSR count). The van der Waals surface area contributed by atoms with Crippen LogP contribution in [0.2, 0.25) is 0 Å². The minimum absolute atomic E-state index is 0.156. The van der Waals surface area contributed by atoms with E-state index in [2.05, 4.69) is 26.4 Å². The Balaban J connectivity index is 1.67. The maximum absolute atomic E-state index is 12.1. The fourth-order valence-electron chi connectivity index (χ4n) is 2.05. The first-order valence-corrected chi connectivity index (χ1v) is 7.57. The molecule has 22 heavy (non-hydrogen) atoms. The number of aromatic nitrogens is 1. The highest BCUT2D eigenvalue weighted by atomic mass is 79.9. The van der Waals surface area contributed by atoms with Gasteiger partial charge < -0.3 is 9.84 Å². The van der Waals surface area contributed by atoms with Crippen LogP contribution in [0, 0.1) is 0 Å². The minimum atomic E-state index is -0.156. The van der Waals surface area contributed by atoms with Crippen LogP contribution < -0.4 is 5.32 Å². The van der Waals surface area contributed by atoms with E-state index < -0.39 is 0 Å². The van der Waals surface area contributed by atoms with Gasteiger partial charge >= 0.3 is 0 Å². The third-order valence-corrected chi connectivity index (χ3v) is 3.86. The second-order valence-electron chi connectivity index (χ2n) is 4.71. The van der Waals surface area contributed by atoms with Gasteiger partial charge in [0, 0.05) is 16.1 Å². The fraction of sp³-hybridized carbons (Fsp3) is 0.0588. The van der Waals surface area contributed by atoms with Crippen molar-refractivity contribution in [3.63, 3.8) is 0 Å². The van der Waals surface area contributed by atoms with Gasteiger partial charge in [-0.05, 0) is 28.1 Å². The van der Waals surface area contributed by atoms with Crippen molar-refractivity contribution in [1.29, 1.82) is 0 Å². The molecule has 0 saturated heterocycles. The summed E-state index contributed by atoms with van der Waals surface area (Å²) in [6, 6.07) is 18.8. The lowest BCUT2D eigenvalue weighted by Crippen LogP contribution is -2.23. The first-order valence-electron chi connectivity index (χ1n) is 6.78. The number of nitrogens with zero attached hydrogens (tertiary/aromatic N) is 1. The summed E-state index contributed by atoms with van der Waals surface area (Å²) in [6.07, 6.45) is 0. The predicted octanol–water partition coefficient (Wildman–Crippen LogP) is 4.03. The van der Waals surface area contributed by atoms with Crippen molar-refractivity contribution < 1.29 is 9.32 Å². The predicted molar refractivity (Wildman–Crippen MR) is 87.3 cm³/mol. The smallest absolute Gasteiger partial charge is 0.252 e. The third-order valence-electron chi connectivity index (χ3n) is 3.17. The number of carbonyl (C=O) groups excluding carboxylic acids is 1. The van der Waals surface area contributed by atoms with Crippen molar-refractivity contribution in [3.8, 4) is 11.3 Å². The maximum Gasteiger partial charge on any atom is 0.252 e. The Labute approximate surface area is 136 Å². The van der Waals surface area contributed by atoms with Crippen LogP contribution in [0.15, 0.2) is 69.7 Å². The molecule has 1 heterocycles. The molecular weight excluding hydrogens is 344 g/mol. The van der Waals surface area contributed by atoms with Gasteiger partial charge in [0.25, 0.3) is 5.91 Å². The molecule has 3 aromatic rings. The summed E-state index contributed by atoms with van der Waals surface area (Å²) in [6.45, 7) is 0.316. The van der Waals surface area contributed by atoms with Crippen LogP contribution in [0.4, 0.5) is 0 Å². The molecule has 0 aliphatic carbocycles. The second-order valence-corrected chi connectivity index (χ2v) is 5.57. The van der Waals surface area contributed by atoms with Crippen molar-refractivity contribution in [2.75, 3.05) is 0 Å². The Kier molecular flexibility index (Phi) is 4.34. The molecule has 0 saturated carbocycles. The summed E-state index contributed by atoms with van der Waals surface area (Å²) in [5, 5.41) is 6.81. The van der Waals surface area contributed by atoms with Gasteiger partial charge in [0.05, 0.1) is 12.1 Å². The SMILES string of the molecule is O=C(NCc1cc(-c2ccccc2)on1)c1ccccc1Br. The quantitative estimate of drug-likeness (QED) is 0.767. The molecule has 1 aromatic heterocycles. The summed E-state index contributed by atoms with van der Waals surface area (Å²) >= 11 is 3.36. The van der Waals surface area contributed by atoms with E-state index in [9.17, 15) is 4.79 Å². The Morgan fingerprint density at radius 1 is 1.09 bits per heavy atom. The molecule has 110 valence electrons. The van der Waals surface area contributed by atoms with Gasteiger partial charge in [-0.1, -0.05) is 47.6 Å². The van der Waals surface area contributed by atoms with Crippen molar-refractivity contribution in [2.24, 2.45) is 0 Å². The number of hydrogen-bond donors (Lipinski definition) is 1. The van der Waals surface area contributed by atoms with Crippen molar-refractivity contribution in [1.82, 2.24) is 10.5 Å². The Morgan fingerprint density at radius 3 is 2.59 bits per heavy atom. The average molecular weight is 357 g/mol. The topological polar surface area (TPSA) is 55.1 Å². The molecule has 0 fully saturated rings. The summed E-state index contributed by atoms with van der Waals surface area (Å²) in [7, 11) is 0. The van der Waals surface area contributed by atoms with E-state index in [1.54, 1.807) is 6.07 Å². The van der Waals surface area contributed by atoms with Crippen LogP contribution in [0.1, 0.15) is 16.1 Å². The summed E-state index contributed by atoms with van der Waals surface area (Å²) < 4.78 is 6.06. The molecule has 4 nitrogen and oxygen atoms in total. The van der Waals surface area contributed by atoms with E-state index >= 15 is 0 Å². The summed E-state index contributed by atoms with van der Waals surface area (Å²) in [5.74, 6) is 0.530. The lowest BCUT2D eigenvalue weighted by atomic mass is 10.1. The monoisotopic (exact) mass is 356 g/mol. The Bertz CT molecular complexity index is 784. The zero-order chi connectivity index (χ0) is 15.4. The molecule has 0 aliphatic rings. The fourth-order valence-corrected chi connectivity index (χ4v) is 2.51. The number of amides is 1. The number of halogens is 1. The third kappa shape index (κ3) is 3.26. The van der Waals surface area contributed by atoms with Gasteiger partial charge in [-0.15, -0.1) is 0 Å². The van der Waals surface area contributed by atoms with Crippen molar-refractivity contribution in [3.05, 3.63) is 76.4 Å². The molecule has 0 bridgehead atoms. The summed E-state index contributed by atoms with van der Waals surface area (Å²) in [5.41, 5.74) is 2.23. The Morgan fingerprint density at radius 2 is 1.82 bits per heavy atom. The van der Waals surface area contributed by atoms with Crippen LogP contribution in [0.5, 0.6) is 0 Å². The molecular formula is C17H13BrN2O2. The standard InChI is InChI=1S/C17H13BrN2O2/c18-15-9-5-4-8-14(15)17(21)19-11-13-10-16(22-20-13)12-6-2-1-3-7-12/h1-10H,11H2,(H,19,21). The normalized spacial score (nSPS) is 10.4. The molecule has 0 spiro atoms. The molecule has 1 amide bonds. The van der Waals surface area contributed by atoms with E-state index in [0.29, 0.717) is 23.6 Å². The van der Waals surface area contributed by atoms with E-state index in [0.717, 1.165) is 10.0 Å². The zero-order valence-corrected chi connectivity index (χ0v) is 13.2. The zero-order valence-electron chi connectivity index (χ0n) is 11.6. The molecule has 0 aliphatic heterocycles. The van der Waals surface area contributed by atoms with Crippen LogP contribution in [-0.2, 0) is 6.54 Å². The minimum Gasteiger partial charge on any atom is -0.356 e. The second kappa shape index (κ2) is 6.58. The molecule has 0 unspecified atom stereocenters. The average Bonchev–Trinajstić information content (AvgIpc) is 3.03. The highest BCUT2D eigenvalue weighted by molar-refractivity contribution is 9.10. The van der Waals surface area contributed by atoms with Gasteiger partial charge in [0.2, 0.25) is 0 Å². The van der Waals surface area contributed by atoms with E-state index in [1.165, 1.54) is 0 Å². The van der Waals surface area contributed by atoms with Gasteiger partial charge in [-0.3, -0.25) is 4.79 Å². The highest BCUT2D eigenvalue weighted by Crippen LogP contribution is 2.20. The van der Waals surface area contributed by atoms with Gasteiger partial charge in [0.15, 0.2) is 5.76 Å². The van der Waals surface area contributed by atoms with E-state index in [4.69, 9.17) is 4.52 Å². The number of nitrogens with one attached hydrogen (secondary N) is 1. The van der Waals surface area contributed by atoms with Crippen LogP contribution >= 0.6 is 15.9 Å². The lowest BCUT2D eigenvalue weighted by molar-refractivity contribution is 0.0949. The van der Waals surface area contributed by atoms with Crippen molar-refractivity contribution >= 4 is 21.8 Å². The molecule has 0 atom stereocenters. The number of rotatable bonds is 4. The lowest BCUT2D eigenvalue weighted by Gasteiger charge is -2.04. The van der Waals surface area contributed by atoms with Crippen LogP contribution in [0.25, 0.3) is 11.3 Å². The van der Waals surface area contributed by atoms with E-state index in [1.807, 2.05) is 54.6 Å². The molecule has 0 radical (unpaired) electrons. The molecule has 5 heteroatoms. The maximum atomic E-state index is 12.1. The number of hydrogen-bond acceptors (Lipinski definition) is 3. The Hall–Kier alpha value is -2.40. The van der Waals surface area contributed by atoms with Crippen molar-refractivity contribution in [2.45, 2.75) is 6.54 Å². The molecule has 1 N–H and O–H groups in total. The van der Waals surface area contributed by atoms with Crippen LogP contribution in [0.3, 0.4) is 0 Å². The van der Waals surface area contributed by atoms with Gasteiger partial charge in [-0.25, -0.2) is 0 Å². The first-order chi connectivity index (χ1) is 10.7. The first kappa shape index (κ1) is 14.5.